The van der Waals surface area contributed by atoms with Crippen LogP contribution in [0, 0.1) is 0 Å². The van der Waals surface area contributed by atoms with Crippen molar-refractivity contribution in [1.82, 2.24) is 24.8 Å². The summed E-state index contributed by atoms with van der Waals surface area (Å²) >= 11 is 0. The molecule has 0 aliphatic carbocycles. The molecule has 0 bridgehead atoms. The Morgan fingerprint density at radius 2 is 1.55 bits per heavy atom. The molecule has 7 rings (SSSR count). The number of anilines is 1. The predicted molar refractivity (Wildman–Crippen MR) is 155 cm³/mol. The number of nitrogens with one attached hydrogen (secondary N) is 1. The van der Waals surface area contributed by atoms with Gasteiger partial charge in [0, 0.05) is 43.9 Å². The molecule has 6 aromatic rings. The molecule has 0 unspecified atom stereocenters. The number of rotatable bonds is 6. The number of hydrogen-bond acceptors (Lipinski definition) is 8. The van der Waals surface area contributed by atoms with Crippen LogP contribution in [0.3, 0.4) is 0 Å². The minimum atomic E-state index is -0.526. The molecule has 1 saturated heterocycles. The van der Waals surface area contributed by atoms with E-state index in [4.69, 9.17) is 9.72 Å². The Kier molecular flexibility index (Phi) is 5.86. The van der Waals surface area contributed by atoms with E-state index in [-0.39, 0.29) is 5.75 Å². The van der Waals surface area contributed by atoms with E-state index in [0.717, 1.165) is 64.2 Å². The molecule has 9 nitrogen and oxygen atoms in total. The summed E-state index contributed by atoms with van der Waals surface area (Å²) in [6.07, 6.45) is 1.57. The van der Waals surface area contributed by atoms with E-state index in [1.165, 1.54) is 12.7 Å². The van der Waals surface area contributed by atoms with E-state index in [1.54, 1.807) is 6.33 Å². The van der Waals surface area contributed by atoms with Crippen molar-refractivity contribution in [3.05, 3.63) is 99.1 Å². The van der Waals surface area contributed by atoms with Crippen LogP contribution in [0.4, 0.5) is 5.69 Å². The third-order valence-corrected chi connectivity index (χ3v) is 7.65. The normalized spacial score (nSPS) is 14.4. The third kappa shape index (κ3) is 4.11. The zero-order valence-corrected chi connectivity index (χ0v) is 21.9. The average molecular weight is 531 g/mol. The lowest BCUT2D eigenvalue weighted by Gasteiger charge is -2.36. The molecule has 3 heterocycles. The second-order valence-electron chi connectivity index (χ2n) is 10.1. The van der Waals surface area contributed by atoms with E-state index >= 15 is 0 Å². The third-order valence-electron chi connectivity index (χ3n) is 7.65. The van der Waals surface area contributed by atoms with Crippen LogP contribution >= 0.6 is 0 Å². The van der Waals surface area contributed by atoms with Gasteiger partial charge in [-0.25, -0.2) is 15.0 Å². The number of piperazine rings is 1. The lowest BCUT2D eigenvalue weighted by atomic mass is 10.0. The van der Waals surface area contributed by atoms with Gasteiger partial charge in [0.25, 0.3) is 10.9 Å². The number of ether oxygens (including phenoxy) is 1. The SMILES string of the molecule is COc1c(N2CCN(Cc3ccc(-c4[nH]c5cc6ncnc6cc5nc4-c4ccccc4)cc3)CC2)c(=O)c1=O. The molecule has 1 N–H and O–H groups in total. The molecule has 4 aromatic carbocycles. The number of imidazole rings is 1. The van der Waals surface area contributed by atoms with Crippen molar-refractivity contribution in [3.8, 4) is 28.3 Å². The molecule has 0 saturated carbocycles. The molecule has 0 spiro atoms. The van der Waals surface area contributed by atoms with Gasteiger partial charge in [-0.1, -0.05) is 54.6 Å². The van der Waals surface area contributed by atoms with Crippen molar-refractivity contribution >= 4 is 27.8 Å². The minimum absolute atomic E-state index is 0.191. The maximum atomic E-state index is 12.0. The van der Waals surface area contributed by atoms with Gasteiger partial charge in [-0.3, -0.25) is 14.5 Å². The van der Waals surface area contributed by atoms with E-state index in [0.29, 0.717) is 18.8 Å². The van der Waals surface area contributed by atoms with Crippen molar-refractivity contribution in [3.63, 3.8) is 0 Å². The molecule has 0 atom stereocenters. The van der Waals surface area contributed by atoms with Gasteiger partial charge < -0.3 is 14.6 Å². The van der Waals surface area contributed by atoms with Gasteiger partial charge in [0.2, 0.25) is 0 Å². The van der Waals surface area contributed by atoms with Crippen molar-refractivity contribution < 1.29 is 4.74 Å². The van der Waals surface area contributed by atoms with Crippen molar-refractivity contribution in [1.29, 1.82) is 0 Å². The molecule has 1 aliphatic heterocycles. The molecule has 1 fully saturated rings. The highest BCUT2D eigenvalue weighted by Crippen LogP contribution is 2.32. The summed E-state index contributed by atoms with van der Waals surface area (Å²) < 4.78 is 5.12. The number of H-pyrrole nitrogens is 1. The molecule has 0 amide bonds. The highest BCUT2D eigenvalue weighted by atomic mass is 16.5. The van der Waals surface area contributed by atoms with Gasteiger partial charge in [0.05, 0.1) is 40.6 Å². The number of fused-ring (bicyclic) bond motifs is 2. The Hall–Kier alpha value is -4.89. The highest BCUT2D eigenvalue weighted by molar-refractivity contribution is 5.94. The number of nitrogens with zero attached hydrogens (tertiary/aromatic N) is 5. The summed E-state index contributed by atoms with van der Waals surface area (Å²) in [6.45, 7) is 3.75. The smallest absolute Gasteiger partial charge is 0.272 e. The van der Waals surface area contributed by atoms with Crippen LogP contribution < -0.4 is 20.5 Å². The maximum absolute atomic E-state index is 12.0. The van der Waals surface area contributed by atoms with E-state index in [1.807, 2.05) is 35.2 Å². The Bertz CT molecular complexity index is 1920. The number of benzene rings is 3. The van der Waals surface area contributed by atoms with Crippen LogP contribution in [0.15, 0.2) is 82.6 Å². The first-order chi connectivity index (χ1) is 19.6. The van der Waals surface area contributed by atoms with Crippen LogP contribution in [-0.4, -0.2) is 58.1 Å². The summed E-state index contributed by atoms with van der Waals surface area (Å²) in [5.41, 5.74) is 7.97. The van der Waals surface area contributed by atoms with Gasteiger partial charge in [0.15, 0.2) is 5.75 Å². The van der Waals surface area contributed by atoms with Crippen molar-refractivity contribution in [2.24, 2.45) is 0 Å². The van der Waals surface area contributed by atoms with Crippen LogP contribution in [-0.2, 0) is 6.54 Å². The molecule has 9 heteroatoms. The molecule has 2 aromatic heterocycles. The summed E-state index contributed by atoms with van der Waals surface area (Å²) in [5.74, 6) is 0.191. The molecule has 1 aliphatic rings. The minimum Gasteiger partial charge on any atom is -0.491 e. The molecular weight excluding hydrogens is 504 g/mol. The Labute approximate surface area is 229 Å². The zero-order chi connectivity index (χ0) is 27.2. The van der Waals surface area contributed by atoms with Crippen LogP contribution in [0.2, 0.25) is 0 Å². The lowest BCUT2D eigenvalue weighted by Crippen LogP contribution is -2.50. The fourth-order valence-corrected chi connectivity index (χ4v) is 5.50. The van der Waals surface area contributed by atoms with Crippen LogP contribution in [0.5, 0.6) is 5.75 Å². The number of methoxy groups -OCH3 is 1. The average Bonchev–Trinajstić information content (AvgIpc) is 3.46. The fourth-order valence-electron chi connectivity index (χ4n) is 5.50. The molecule has 198 valence electrons. The second kappa shape index (κ2) is 9.69. The zero-order valence-electron chi connectivity index (χ0n) is 21.9. The van der Waals surface area contributed by atoms with Crippen molar-refractivity contribution in [2.75, 3.05) is 38.2 Å². The molecule has 0 radical (unpaired) electrons. The summed E-state index contributed by atoms with van der Waals surface area (Å²) in [4.78, 5) is 45.4. The topological polar surface area (TPSA) is 104 Å². The first-order valence-electron chi connectivity index (χ1n) is 13.2. The maximum Gasteiger partial charge on any atom is 0.272 e. The Balaban J connectivity index is 1.14. The molecular formula is C31H26N6O3. The van der Waals surface area contributed by atoms with Crippen LogP contribution in [0.1, 0.15) is 5.56 Å². The first-order valence-corrected chi connectivity index (χ1v) is 13.2. The van der Waals surface area contributed by atoms with E-state index in [2.05, 4.69) is 56.3 Å². The van der Waals surface area contributed by atoms with Crippen molar-refractivity contribution in [2.45, 2.75) is 6.54 Å². The number of aromatic amines is 1. The van der Waals surface area contributed by atoms with Gasteiger partial charge >= 0.3 is 0 Å². The number of aromatic nitrogens is 4. The lowest BCUT2D eigenvalue weighted by molar-refractivity contribution is 0.248. The first kappa shape index (κ1) is 24.2. The predicted octanol–water partition coefficient (Wildman–Crippen LogP) is 3.77. The second-order valence-corrected chi connectivity index (χ2v) is 10.1. The van der Waals surface area contributed by atoms with Gasteiger partial charge in [-0.05, 0) is 17.7 Å². The van der Waals surface area contributed by atoms with Gasteiger partial charge in [-0.2, -0.15) is 0 Å². The monoisotopic (exact) mass is 530 g/mol. The standard InChI is InChI=1S/C31H26N6O3/c1-40-31-28(29(38)30(31)39)37-13-11-36(12-14-37)17-19-7-9-21(10-8-19)27-26(20-5-3-2-4-6-20)34-24-15-22-23(33-18-32-22)16-25(24)35-27/h2-10,15-16,18,35H,11-14,17H2,1H3. The van der Waals surface area contributed by atoms with Crippen LogP contribution in [0.25, 0.3) is 44.6 Å². The molecule has 40 heavy (non-hydrogen) atoms. The summed E-state index contributed by atoms with van der Waals surface area (Å²) in [6, 6.07) is 22.7. The Morgan fingerprint density at radius 3 is 2.27 bits per heavy atom. The highest BCUT2D eigenvalue weighted by Gasteiger charge is 2.29. The largest absolute Gasteiger partial charge is 0.491 e. The van der Waals surface area contributed by atoms with E-state index < -0.39 is 10.9 Å². The number of hydrogen-bond donors (Lipinski definition) is 1. The van der Waals surface area contributed by atoms with Gasteiger partial charge in [0.1, 0.15) is 12.0 Å². The van der Waals surface area contributed by atoms with Gasteiger partial charge in [-0.15, -0.1) is 0 Å². The quantitative estimate of drug-likeness (QED) is 0.325. The summed E-state index contributed by atoms with van der Waals surface area (Å²) in [5, 5.41) is 0. The fraction of sp³-hybridized carbons (Fsp3) is 0.194. The Morgan fingerprint density at radius 1 is 0.825 bits per heavy atom. The summed E-state index contributed by atoms with van der Waals surface area (Å²) in [7, 11) is 1.44. The van der Waals surface area contributed by atoms with E-state index in [9.17, 15) is 9.59 Å².